The van der Waals surface area contributed by atoms with E-state index in [2.05, 4.69) is 4.99 Å². The van der Waals surface area contributed by atoms with Gasteiger partial charge in [-0.1, -0.05) is 35.9 Å². The van der Waals surface area contributed by atoms with Crippen LogP contribution >= 0.6 is 11.6 Å². The van der Waals surface area contributed by atoms with Gasteiger partial charge in [0.25, 0.3) is 11.8 Å². The Morgan fingerprint density at radius 2 is 1.68 bits per heavy atom. The fourth-order valence-corrected chi connectivity index (χ4v) is 5.37. The van der Waals surface area contributed by atoms with Crippen LogP contribution in [0.5, 0.6) is 0 Å². The Morgan fingerprint density at radius 1 is 0.946 bits per heavy atom. The minimum atomic E-state index is -0.868. The minimum absolute atomic E-state index is 0.178. The third-order valence-corrected chi connectivity index (χ3v) is 7.28. The summed E-state index contributed by atoms with van der Waals surface area (Å²) in [5, 5.41) is 0.880. The molecule has 0 saturated carbocycles. The minimum Gasteiger partial charge on any atom is -0.472 e. The van der Waals surface area contributed by atoms with Gasteiger partial charge in [0.1, 0.15) is 17.2 Å². The van der Waals surface area contributed by atoms with Gasteiger partial charge < -0.3 is 9.64 Å². The van der Waals surface area contributed by atoms with E-state index in [-0.39, 0.29) is 11.5 Å². The molecule has 0 radical (unpaired) electrons. The van der Waals surface area contributed by atoms with Crippen molar-refractivity contribution >= 4 is 46.4 Å². The van der Waals surface area contributed by atoms with Gasteiger partial charge in [0.05, 0.1) is 16.8 Å². The zero-order chi connectivity index (χ0) is 25.7. The third kappa shape index (κ3) is 3.97. The summed E-state index contributed by atoms with van der Waals surface area (Å²) >= 11 is 6.19. The Kier molecular flexibility index (Phi) is 5.56. The van der Waals surface area contributed by atoms with Crippen LogP contribution in [-0.2, 0) is 10.3 Å². The maximum Gasteiger partial charge on any atom is 0.262 e. The van der Waals surface area contributed by atoms with Gasteiger partial charge in [0, 0.05) is 59.7 Å². The summed E-state index contributed by atoms with van der Waals surface area (Å²) in [6.07, 6.45) is 4.04. The Labute approximate surface area is 215 Å². The highest BCUT2D eigenvalue weighted by molar-refractivity contribution is 6.31. The number of para-hydroxylation sites is 1. The summed E-state index contributed by atoms with van der Waals surface area (Å²) in [7, 11) is 0. The molecule has 0 unspecified atom stereocenters. The molecule has 4 aromatic rings. The predicted octanol–water partition coefficient (Wildman–Crippen LogP) is 6.08. The second kappa shape index (κ2) is 8.81. The van der Waals surface area contributed by atoms with Gasteiger partial charge >= 0.3 is 0 Å². The van der Waals surface area contributed by atoms with Crippen LogP contribution < -0.4 is 0 Å². The molecule has 186 valence electrons. The number of likely N-dealkylation sites (tertiary alicyclic amines) is 1. The molecule has 2 aliphatic rings. The number of ether oxygens (including phenoxy) is 1. The quantitative estimate of drug-likeness (QED) is 0.322. The van der Waals surface area contributed by atoms with Gasteiger partial charge in [0.15, 0.2) is 6.40 Å². The van der Waals surface area contributed by atoms with Crippen LogP contribution in [-0.4, -0.2) is 40.8 Å². The van der Waals surface area contributed by atoms with E-state index in [9.17, 15) is 18.4 Å². The van der Waals surface area contributed by atoms with Crippen molar-refractivity contribution in [3.05, 3.63) is 100 Å². The van der Waals surface area contributed by atoms with E-state index >= 15 is 0 Å². The van der Waals surface area contributed by atoms with Crippen LogP contribution in [0.25, 0.3) is 10.9 Å². The van der Waals surface area contributed by atoms with E-state index in [1.165, 1.54) is 17.2 Å². The molecule has 1 spiro atoms. The fraction of sp³-hybridized carbons (Fsp3) is 0.179. The van der Waals surface area contributed by atoms with Gasteiger partial charge in [-0.3, -0.25) is 14.2 Å². The molecule has 1 aromatic heterocycles. The number of aliphatic imine (C=N–C) groups is 1. The van der Waals surface area contributed by atoms with Gasteiger partial charge in [-0.25, -0.2) is 13.8 Å². The second-order valence-electron chi connectivity index (χ2n) is 9.19. The van der Waals surface area contributed by atoms with E-state index in [0.29, 0.717) is 53.5 Å². The first-order valence-corrected chi connectivity index (χ1v) is 12.1. The second-order valence-corrected chi connectivity index (χ2v) is 9.63. The van der Waals surface area contributed by atoms with Crippen LogP contribution in [0.4, 0.5) is 14.5 Å². The Morgan fingerprint density at radius 3 is 2.43 bits per heavy atom. The lowest BCUT2D eigenvalue weighted by atomic mass is 9.82. The zero-order valence-corrected chi connectivity index (χ0v) is 20.2. The van der Waals surface area contributed by atoms with Crippen LogP contribution in [0.2, 0.25) is 5.02 Å². The lowest BCUT2D eigenvalue weighted by Crippen LogP contribution is -2.47. The molecule has 0 N–H and O–H groups in total. The SMILES string of the molecule is O=C(c1cn(C(=O)c2cc(F)cc(F)c2)c2cc(Cl)ccc12)N1CCC2(CC1)OC=Nc1ccccc12. The van der Waals surface area contributed by atoms with Crippen molar-refractivity contribution in [1.29, 1.82) is 0 Å². The number of piperidine rings is 1. The monoisotopic (exact) mass is 519 g/mol. The van der Waals surface area contributed by atoms with Crippen LogP contribution in [0.3, 0.4) is 0 Å². The molecule has 37 heavy (non-hydrogen) atoms. The predicted molar refractivity (Wildman–Crippen MR) is 136 cm³/mol. The average Bonchev–Trinajstić information content (AvgIpc) is 3.26. The molecule has 1 fully saturated rings. The van der Waals surface area contributed by atoms with Gasteiger partial charge in [-0.2, -0.15) is 0 Å². The lowest BCUT2D eigenvalue weighted by molar-refractivity contribution is -0.00614. The van der Waals surface area contributed by atoms with Crippen molar-refractivity contribution in [2.24, 2.45) is 4.99 Å². The number of fused-ring (bicyclic) bond motifs is 3. The molecule has 6 nitrogen and oxygen atoms in total. The molecule has 9 heteroatoms. The smallest absolute Gasteiger partial charge is 0.262 e. The number of rotatable bonds is 2. The maximum atomic E-state index is 13.8. The summed E-state index contributed by atoms with van der Waals surface area (Å²) < 4.78 is 34.8. The van der Waals surface area contributed by atoms with Crippen molar-refractivity contribution in [2.75, 3.05) is 13.1 Å². The molecule has 2 aliphatic heterocycles. The third-order valence-electron chi connectivity index (χ3n) is 7.05. The van der Waals surface area contributed by atoms with Gasteiger partial charge in [-0.15, -0.1) is 0 Å². The Bertz CT molecular complexity index is 1590. The molecule has 0 bridgehead atoms. The van der Waals surface area contributed by atoms with E-state index in [4.69, 9.17) is 16.3 Å². The highest BCUT2D eigenvalue weighted by Crippen LogP contribution is 2.43. The number of hydrogen-bond donors (Lipinski definition) is 0. The molecule has 1 saturated heterocycles. The van der Waals surface area contributed by atoms with Crippen LogP contribution in [0, 0.1) is 11.6 Å². The number of hydrogen-bond acceptors (Lipinski definition) is 4. The van der Waals surface area contributed by atoms with Crippen molar-refractivity contribution in [2.45, 2.75) is 18.4 Å². The lowest BCUT2D eigenvalue weighted by Gasteiger charge is -2.42. The van der Waals surface area contributed by atoms with Crippen molar-refractivity contribution in [3.63, 3.8) is 0 Å². The van der Waals surface area contributed by atoms with Crippen LogP contribution in [0.15, 0.2) is 71.9 Å². The van der Waals surface area contributed by atoms with E-state index in [1.54, 1.807) is 23.1 Å². The van der Waals surface area contributed by atoms with E-state index < -0.39 is 23.1 Å². The number of halogens is 3. The molecule has 0 atom stereocenters. The van der Waals surface area contributed by atoms with E-state index in [0.717, 1.165) is 23.4 Å². The Balaban J connectivity index is 1.32. The average molecular weight is 520 g/mol. The standard InChI is InChI=1S/C28H20ClF2N3O3/c29-18-5-6-21-22(15-34(25(21)13-18)26(35)17-11-19(30)14-20(31)12-17)27(36)33-9-7-28(8-10-33)23-3-1-2-4-24(23)32-16-37-28/h1-6,11-16H,7-10H2. The fourth-order valence-electron chi connectivity index (χ4n) is 5.20. The first-order chi connectivity index (χ1) is 17.8. The first-order valence-electron chi connectivity index (χ1n) is 11.8. The number of carbonyl (C=O) groups is 2. The van der Waals surface area contributed by atoms with Crippen molar-refractivity contribution in [3.8, 4) is 0 Å². The number of benzene rings is 3. The molecule has 6 rings (SSSR count). The summed E-state index contributed by atoms with van der Waals surface area (Å²) in [6.45, 7) is 0.870. The maximum absolute atomic E-state index is 13.8. The Hall–Kier alpha value is -4.04. The molecule has 0 aliphatic carbocycles. The van der Waals surface area contributed by atoms with Crippen molar-refractivity contribution < 1.29 is 23.1 Å². The van der Waals surface area contributed by atoms with Gasteiger partial charge in [0.2, 0.25) is 0 Å². The number of carbonyl (C=O) groups excluding carboxylic acids is 2. The summed E-state index contributed by atoms with van der Waals surface area (Å²) in [5.41, 5.74) is 1.82. The summed E-state index contributed by atoms with van der Waals surface area (Å²) in [5.74, 6) is -2.66. The number of nitrogens with zero attached hydrogens (tertiary/aromatic N) is 3. The largest absolute Gasteiger partial charge is 0.472 e. The molecular weight excluding hydrogens is 500 g/mol. The number of amides is 1. The highest BCUT2D eigenvalue weighted by Gasteiger charge is 2.42. The number of aromatic nitrogens is 1. The topological polar surface area (TPSA) is 63.9 Å². The van der Waals surface area contributed by atoms with Crippen molar-refractivity contribution in [1.82, 2.24) is 9.47 Å². The van der Waals surface area contributed by atoms with Crippen LogP contribution in [0.1, 0.15) is 39.1 Å². The molecular formula is C28H20ClF2N3O3. The molecule has 3 aromatic carbocycles. The first kappa shape index (κ1) is 23.4. The normalized spacial score (nSPS) is 16.0. The molecule has 3 heterocycles. The highest BCUT2D eigenvalue weighted by atomic mass is 35.5. The van der Waals surface area contributed by atoms with Gasteiger partial charge in [-0.05, 0) is 30.3 Å². The summed E-state index contributed by atoms with van der Waals surface area (Å²) in [4.78, 5) is 33.0. The van der Waals surface area contributed by atoms with E-state index in [1.807, 2.05) is 24.3 Å². The summed E-state index contributed by atoms with van der Waals surface area (Å²) in [6, 6.07) is 15.3. The zero-order valence-electron chi connectivity index (χ0n) is 19.5. The molecule has 1 amide bonds.